The first-order chi connectivity index (χ1) is 18.0. The molecule has 1 N–H and O–H groups in total. The first kappa shape index (κ1) is 24.2. The van der Waals surface area contributed by atoms with Crippen LogP contribution in [0.2, 0.25) is 0 Å². The Labute approximate surface area is 214 Å². The maximum absolute atomic E-state index is 13.0. The molecule has 3 amide bonds. The van der Waals surface area contributed by atoms with E-state index in [1.54, 1.807) is 48.6 Å². The second-order valence-electron chi connectivity index (χ2n) is 9.02. The molecule has 1 saturated heterocycles. The third kappa shape index (κ3) is 5.20. The molecule has 0 unspecified atom stereocenters. The minimum atomic E-state index is -0.287. The summed E-state index contributed by atoms with van der Waals surface area (Å²) in [6.07, 6.45) is 5.37. The first-order valence-electron chi connectivity index (χ1n) is 12.3. The largest absolute Gasteiger partial charge is 0.343 e. The summed E-state index contributed by atoms with van der Waals surface area (Å²) >= 11 is 0. The molecule has 0 spiro atoms. The number of carbonyl (C=O) groups is 3. The van der Waals surface area contributed by atoms with Crippen LogP contribution in [0.3, 0.4) is 0 Å². The van der Waals surface area contributed by atoms with E-state index in [2.05, 4.69) is 10.3 Å². The van der Waals surface area contributed by atoms with Gasteiger partial charge < -0.3 is 14.4 Å². The lowest BCUT2D eigenvalue weighted by molar-refractivity contribution is -0.127. The number of anilines is 2. The predicted octanol–water partition coefficient (Wildman–Crippen LogP) is 3.97. The number of nitrogens with zero attached hydrogens (tertiary/aromatic N) is 5. The number of amides is 3. The normalized spacial score (nSPS) is 13.2. The van der Waals surface area contributed by atoms with Crippen LogP contribution >= 0.6 is 0 Å². The van der Waals surface area contributed by atoms with Crippen LogP contribution in [-0.2, 0) is 11.3 Å². The number of hydrogen-bond acceptors (Lipinski definition) is 5. The Bertz CT molecular complexity index is 1430. The minimum absolute atomic E-state index is 0.124. The quantitative estimate of drug-likeness (QED) is 0.398. The third-order valence-corrected chi connectivity index (χ3v) is 6.59. The molecule has 0 radical (unpaired) electrons. The zero-order valence-corrected chi connectivity index (χ0v) is 20.6. The Balaban J connectivity index is 1.43. The number of nitrogens with one attached hydrogen (secondary N) is 1. The fraction of sp³-hybridized carbons (Fsp3) is 0.250. The number of aromatic nitrogens is 3. The van der Waals surface area contributed by atoms with Crippen LogP contribution in [0, 0.1) is 0 Å². The van der Waals surface area contributed by atoms with Crippen molar-refractivity contribution in [1.82, 2.24) is 19.4 Å². The molecule has 9 heteroatoms. The fourth-order valence-corrected chi connectivity index (χ4v) is 4.58. The van der Waals surface area contributed by atoms with Crippen LogP contribution in [0.4, 0.5) is 11.6 Å². The molecular formula is C28H28N6O3. The number of hydrogen-bond donors (Lipinski definition) is 1. The van der Waals surface area contributed by atoms with Gasteiger partial charge in [-0.25, -0.2) is 4.98 Å². The van der Waals surface area contributed by atoms with Crippen molar-refractivity contribution in [2.75, 3.05) is 30.4 Å². The highest BCUT2D eigenvalue weighted by atomic mass is 16.2. The number of imidazole rings is 1. The summed E-state index contributed by atoms with van der Waals surface area (Å²) in [6, 6.07) is 18.0. The highest BCUT2D eigenvalue weighted by molar-refractivity contribution is 6.07. The minimum Gasteiger partial charge on any atom is -0.343 e. The highest BCUT2D eigenvalue weighted by Crippen LogP contribution is 2.26. The summed E-state index contributed by atoms with van der Waals surface area (Å²) in [5.41, 5.74) is 3.26. The zero-order chi connectivity index (χ0) is 25.8. The average molecular weight is 497 g/mol. The first-order valence-corrected chi connectivity index (χ1v) is 12.3. The number of likely N-dealkylation sites (tertiary alicyclic amines) is 1. The van der Waals surface area contributed by atoms with E-state index in [0.29, 0.717) is 47.8 Å². The van der Waals surface area contributed by atoms with Crippen LogP contribution in [0.1, 0.15) is 40.0 Å². The van der Waals surface area contributed by atoms with Crippen molar-refractivity contribution in [1.29, 1.82) is 0 Å². The summed E-state index contributed by atoms with van der Waals surface area (Å²) < 4.78 is 1.96. The van der Waals surface area contributed by atoms with E-state index in [1.165, 1.54) is 0 Å². The van der Waals surface area contributed by atoms with Crippen LogP contribution in [0.5, 0.6) is 0 Å². The number of pyridine rings is 1. The monoisotopic (exact) mass is 496 g/mol. The van der Waals surface area contributed by atoms with E-state index >= 15 is 0 Å². The van der Waals surface area contributed by atoms with E-state index < -0.39 is 0 Å². The Kier molecular flexibility index (Phi) is 6.93. The molecule has 0 aliphatic carbocycles. The number of benzene rings is 2. The van der Waals surface area contributed by atoms with Gasteiger partial charge in [0.2, 0.25) is 11.9 Å². The number of aryl methyl sites for hydroxylation is 1. The van der Waals surface area contributed by atoms with Gasteiger partial charge in [0.1, 0.15) is 0 Å². The molecule has 0 atom stereocenters. The Morgan fingerprint density at radius 1 is 1.00 bits per heavy atom. The lowest BCUT2D eigenvalue weighted by atomic mass is 10.2. The average Bonchev–Trinajstić information content (AvgIpc) is 3.50. The van der Waals surface area contributed by atoms with Gasteiger partial charge in [0.05, 0.1) is 11.0 Å². The molecule has 1 fully saturated rings. The lowest BCUT2D eigenvalue weighted by Crippen LogP contribution is -2.26. The van der Waals surface area contributed by atoms with Crippen molar-refractivity contribution in [3.63, 3.8) is 0 Å². The van der Waals surface area contributed by atoms with Gasteiger partial charge in [-0.15, -0.1) is 0 Å². The second kappa shape index (κ2) is 10.6. The molecule has 2 aromatic carbocycles. The topological polar surface area (TPSA) is 100 Å². The van der Waals surface area contributed by atoms with Gasteiger partial charge >= 0.3 is 0 Å². The number of rotatable bonds is 8. The van der Waals surface area contributed by atoms with Gasteiger partial charge in [-0.05, 0) is 55.3 Å². The molecule has 0 saturated carbocycles. The van der Waals surface area contributed by atoms with Crippen molar-refractivity contribution >= 4 is 40.4 Å². The van der Waals surface area contributed by atoms with Crippen molar-refractivity contribution in [2.24, 2.45) is 0 Å². The standard InChI is InChI=1S/C28H28N6O3/c1-32(27(37)21-7-3-2-4-8-21)22-10-11-24-23(19-22)30-28(31-26(36)20-12-14-29-15-13-20)34(24)18-6-17-33-16-5-9-25(33)35/h2-4,7-8,10-15,19H,5-6,9,16-18H2,1H3,(H,30,31,36). The maximum Gasteiger partial charge on any atom is 0.258 e. The molecule has 5 rings (SSSR count). The molecule has 1 aliphatic rings. The van der Waals surface area contributed by atoms with Crippen LogP contribution in [0.15, 0.2) is 73.1 Å². The molecular weight excluding hydrogens is 468 g/mol. The van der Waals surface area contributed by atoms with E-state index in [-0.39, 0.29) is 17.7 Å². The van der Waals surface area contributed by atoms with Crippen molar-refractivity contribution in [3.8, 4) is 0 Å². The van der Waals surface area contributed by atoms with Gasteiger partial charge in [0, 0.05) is 62.3 Å². The van der Waals surface area contributed by atoms with E-state index in [0.717, 1.165) is 24.9 Å². The van der Waals surface area contributed by atoms with Gasteiger partial charge in [-0.1, -0.05) is 18.2 Å². The fourth-order valence-electron chi connectivity index (χ4n) is 4.58. The molecule has 3 heterocycles. The van der Waals surface area contributed by atoms with E-state index in [9.17, 15) is 14.4 Å². The van der Waals surface area contributed by atoms with Gasteiger partial charge in [-0.2, -0.15) is 0 Å². The predicted molar refractivity (Wildman–Crippen MR) is 142 cm³/mol. The summed E-state index contributed by atoms with van der Waals surface area (Å²) in [6.45, 7) is 2.02. The number of fused-ring (bicyclic) bond motifs is 1. The zero-order valence-electron chi connectivity index (χ0n) is 20.6. The molecule has 9 nitrogen and oxygen atoms in total. The SMILES string of the molecule is CN(C(=O)c1ccccc1)c1ccc2c(c1)nc(NC(=O)c1ccncc1)n2CCCN1CCCC1=O. The second-order valence-corrected chi connectivity index (χ2v) is 9.02. The molecule has 1 aliphatic heterocycles. The van der Waals surface area contributed by atoms with Gasteiger partial charge in [-0.3, -0.25) is 24.7 Å². The van der Waals surface area contributed by atoms with Crippen molar-refractivity contribution < 1.29 is 14.4 Å². The lowest BCUT2D eigenvalue weighted by Gasteiger charge is -2.18. The van der Waals surface area contributed by atoms with Crippen molar-refractivity contribution in [2.45, 2.75) is 25.8 Å². The highest BCUT2D eigenvalue weighted by Gasteiger charge is 2.21. The third-order valence-electron chi connectivity index (χ3n) is 6.59. The Morgan fingerprint density at radius 3 is 2.51 bits per heavy atom. The van der Waals surface area contributed by atoms with Gasteiger partial charge in [0.25, 0.3) is 11.8 Å². The van der Waals surface area contributed by atoms with E-state index in [1.807, 2.05) is 45.9 Å². The van der Waals surface area contributed by atoms with Crippen LogP contribution in [-0.4, -0.2) is 57.3 Å². The molecule has 4 aromatic rings. The molecule has 0 bridgehead atoms. The maximum atomic E-state index is 13.0. The molecule has 188 valence electrons. The van der Waals surface area contributed by atoms with Crippen molar-refractivity contribution in [3.05, 3.63) is 84.2 Å². The summed E-state index contributed by atoms with van der Waals surface area (Å²) in [4.78, 5) is 50.0. The van der Waals surface area contributed by atoms with Crippen LogP contribution < -0.4 is 10.2 Å². The van der Waals surface area contributed by atoms with E-state index in [4.69, 9.17) is 4.98 Å². The Morgan fingerprint density at radius 2 is 1.78 bits per heavy atom. The molecule has 2 aromatic heterocycles. The summed E-state index contributed by atoms with van der Waals surface area (Å²) in [7, 11) is 1.73. The molecule has 37 heavy (non-hydrogen) atoms. The summed E-state index contributed by atoms with van der Waals surface area (Å²) in [5.74, 6) is 0.197. The number of carbonyl (C=O) groups excluding carboxylic acids is 3. The smallest absolute Gasteiger partial charge is 0.258 e. The van der Waals surface area contributed by atoms with Gasteiger partial charge in [0.15, 0.2) is 0 Å². The summed E-state index contributed by atoms with van der Waals surface area (Å²) in [5, 5.41) is 2.92. The van der Waals surface area contributed by atoms with Crippen LogP contribution in [0.25, 0.3) is 11.0 Å². The Hall–Kier alpha value is -4.53.